The molecular weight excluding hydrogens is 344 g/mol. The fraction of sp³-hybridized carbons (Fsp3) is 0.471. The van der Waals surface area contributed by atoms with E-state index in [1.165, 1.54) is 11.8 Å². The molecule has 5 nitrogen and oxygen atoms in total. The van der Waals surface area contributed by atoms with Gasteiger partial charge < -0.3 is 10.0 Å². The van der Waals surface area contributed by atoms with E-state index in [0.29, 0.717) is 25.3 Å². The number of thiazole rings is 1. The number of nitrogens with zero attached hydrogens (tertiary/aromatic N) is 2. The first-order valence-electron chi connectivity index (χ1n) is 8.08. The van der Waals surface area contributed by atoms with Gasteiger partial charge in [0, 0.05) is 13.1 Å². The zero-order valence-electron chi connectivity index (χ0n) is 13.1. The number of para-hydroxylation sites is 1. The van der Waals surface area contributed by atoms with Crippen molar-refractivity contribution in [2.45, 2.75) is 23.6 Å². The number of thioether (sulfide) groups is 1. The molecule has 1 aliphatic heterocycles. The summed E-state index contributed by atoms with van der Waals surface area (Å²) >= 11 is 3.03. The second-order valence-electron chi connectivity index (χ2n) is 6.56. The number of rotatable bonds is 4. The number of aliphatic carboxylic acids is 1. The molecule has 126 valence electrons. The van der Waals surface area contributed by atoms with Gasteiger partial charge in [0.25, 0.3) is 0 Å². The number of hydrogen-bond donors (Lipinski definition) is 1. The number of carboxylic acid groups (broad SMARTS) is 1. The first-order chi connectivity index (χ1) is 11.6. The third kappa shape index (κ3) is 2.59. The van der Waals surface area contributed by atoms with Crippen LogP contribution in [0.25, 0.3) is 10.2 Å². The van der Waals surface area contributed by atoms with Gasteiger partial charge in [-0.2, -0.15) is 0 Å². The number of benzene rings is 1. The van der Waals surface area contributed by atoms with Gasteiger partial charge in [0.2, 0.25) is 5.91 Å². The fourth-order valence-electron chi connectivity index (χ4n) is 3.96. The summed E-state index contributed by atoms with van der Waals surface area (Å²) < 4.78 is 2.00. The van der Waals surface area contributed by atoms with Crippen molar-refractivity contribution >= 4 is 45.2 Å². The van der Waals surface area contributed by atoms with E-state index in [-0.39, 0.29) is 11.8 Å². The van der Waals surface area contributed by atoms with E-state index in [4.69, 9.17) is 0 Å². The number of likely N-dealkylation sites (tertiary alicyclic amines) is 1. The Balaban J connectivity index is 1.41. The van der Waals surface area contributed by atoms with Gasteiger partial charge in [0.15, 0.2) is 4.34 Å². The van der Waals surface area contributed by atoms with Crippen molar-refractivity contribution < 1.29 is 14.7 Å². The lowest BCUT2D eigenvalue weighted by Crippen LogP contribution is -2.37. The van der Waals surface area contributed by atoms with Crippen molar-refractivity contribution in [3.05, 3.63) is 24.3 Å². The minimum Gasteiger partial charge on any atom is -0.481 e. The van der Waals surface area contributed by atoms with E-state index in [0.717, 1.165) is 27.4 Å². The summed E-state index contributed by atoms with van der Waals surface area (Å²) in [6.07, 6.45) is 2.57. The van der Waals surface area contributed by atoms with Crippen LogP contribution in [-0.2, 0) is 9.59 Å². The third-order valence-corrected chi connectivity index (χ3v) is 7.41. The van der Waals surface area contributed by atoms with Gasteiger partial charge in [0.05, 0.1) is 21.4 Å². The molecule has 2 aliphatic rings. The first kappa shape index (κ1) is 15.9. The van der Waals surface area contributed by atoms with Crippen molar-refractivity contribution in [3.63, 3.8) is 0 Å². The normalized spacial score (nSPS) is 26.0. The summed E-state index contributed by atoms with van der Waals surface area (Å²) in [7, 11) is 0. The van der Waals surface area contributed by atoms with Crippen LogP contribution in [0.3, 0.4) is 0 Å². The molecule has 2 fully saturated rings. The lowest BCUT2D eigenvalue weighted by atomic mass is 9.81. The van der Waals surface area contributed by atoms with Crippen molar-refractivity contribution in [1.82, 2.24) is 9.88 Å². The predicted molar refractivity (Wildman–Crippen MR) is 94.3 cm³/mol. The molecule has 0 spiro atoms. The monoisotopic (exact) mass is 362 g/mol. The van der Waals surface area contributed by atoms with Crippen LogP contribution in [0.15, 0.2) is 28.6 Å². The molecule has 7 heteroatoms. The van der Waals surface area contributed by atoms with E-state index in [9.17, 15) is 14.7 Å². The van der Waals surface area contributed by atoms with E-state index in [1.807, 2.05) is 24.3 Å². The predicted octanol–water partition coefficient (Wildman–Crippen LogP) is 3.10. The minimum atomic E-state index is -0.737. The second-order valence-corrected chi connectivity index (χ2v) is 8.81. The topological polar surface area (TPSA) is 70.5 Å². The number of carbonyl (C=O) groups excluding carboxylic acids is 1. The number of carbonyl (C=O) groups is 2. The Morgan fingerprint density at radius 3 is 3.00 bits per heavy atom. The molecule has 2 aromatic rings. The zero-order chi connectivity index (χ0) is 16.7. The van der Waals surface area contributed by atoms with Crippen LogP contribution in [-0.4, -0.2) is 45.7 Å². The Hall–Kier alpha value is -1.60. The Morgan fingerprint density at radius 2 is 2.25 bits per heavy atom. The molecule has 4 rings (SSSR count). The van der Waals surface area contributed by atoms with Crippen LogP contribution in [0, 0.1) is 11.3 Å². The van der Waals surface area contributed by atoms with Gasteiger partial charge in [-0.15, -0.1) is 11.3 Å². The summed E-state index contributed by atoms with van der Waals surface area (Å²) in [4.78, 5) is 30.5. The van der Waals surface area contributed by atoms with Crippen molar-refractivity contribution in [2.75, 3.05) is 18.8 Å². The summed E-state index contributed by atoms with van der Waals surface area (Å²) in [5.74, 6) is -0.276. The Bertz CT molecular complexity index is 773. The molecule has 1 N–H and O–H groups in total. The van der Waals surface area contributed by atoms with Crippen molar-refractivity contribution in [2.24, 2.45) is 11.3 Å². The number of aromatic nitrogens is 1. The van der Waals surface area contributed by atoms with E-state index in [2.05, 4.69) is 4.98 Å². The van der Waals surface area contributed by atoms with Crippen molar-refractivity contribution in [1.29, 1.82) is 0 Å². The molecule has 1 aromatic carbocycles. The lowest BCUT2D eigenvalue weighted by molar-refractivity contribution is -0.149. The Labute approximate surface area is 148 Å². The first-order valence-corrected chi connectivity index (χ1v) is 9.88. The van der Waals surface area contributed by atoms with E-state index >= 15 is 0 Å². The number of fused-ring (bicyclic) bond motifs is 2. The quantitative estimate of drug-likeness (QED) is 0.846. The average Bonchev–Trinajstić information content (AvgIpc) is 3.23. The largest absolute Gasteiger partial charge is 0.481 e. The molecule has 1 aromatic heterocycles. The Morgan fingerprint density at radius 1 is 1.42 bits per heavy atom. The molecule has 1 amide bonds. The smallest absolute Gasteiger partial charge is 0.311 e. The maximum absolute atomic E-state index is 12.5. The number of carboxylic acids is 1. The van der Waals surface area contributed by atoms with Crippen LogP contribution in [0.4, 0.5) is 0 Å². The van der Waals surface area contributed by atoms with Crippen molar-refractivity contribution in [3.8, 4) is 0 Å². The van der Waals surface area contributed by atoms with Gasteiger partial charge in [-0.05, 0) is 30.9 Å². The highest BCUT2D eigenvalue weighted by molar-refractivity contribution is 8.01. The molecule has 0 unspecified atom stereocenters. The SMILES string of the molecule is O=C(CSc1nc2ccccc2s1)N1C[C@@H]2CCC[C@@]2(C(=O)O)C1. The Kier molecular flexibility index (Phi) is 4.00. The molecular formula is C17H18N2O3S2. The summed E-state index contributed by atoms with van der Waals surface area (Å²) in [6, 6.07) is 7.93. The molecule has 0 radical (unpaired) electrons. The van der Waals surface area contributed by atoms with Gasteiger partial charge in [-0.1, -0.05) is 30.3 Å². The van der Waals surface area contributed by atoms with E-state index < -0.39 is 11.4 Å². The molecule has 2 heterocycles. The van der Waals surface area contributed by atoms with Gasteiger partial charge in [-0.25, -0.2) is 4.98 Å². The third-order valence-electron chi connectivity index (χ3n) is 5.24. The summed E-state index contributed by atoms with van der Waals surface area (Å²) in [5.41, 5.74) is 0.258. The maximum Gasteiger partial charge on any atom is 0.311 e. The van der Waals surface area contributed by atoms with Crippen LogP contribution in [0.2, 0.25) is 0 Å². The number of amides is 1. The van der Waals surface area contributed by atoms with Gasteiger partial charge in [-0.3, -0.25) is 9.59 Å². The van der Waals surface area contributed by atoms with Crippen LogP contribution in [0.5, 0.6) is 0 Å². The van der Waals surface area contributed by atoms with E-state index in [1.54, 1.807) is 16.2 Å². The highest BCUT2D eigenvalue weighted by Gasteiger charge is 2.55. The van der Waals surface area contributed by atoms with Gasteiger partial charge >= 0.3 is 5.97 Å². The summed E-state index contributed by atoms with van der Waals surface area (Å²) in [6.45, 7) is 0.956. The highest BCUT2D eigenvalue weighted by atomic mass is 32.2. The molecule has 1 saturated heterocycles. The standard InChI is InChI=1S/C17H18N2O3S2/c20-14(9-23-16-18-12-5-1-2-6-13(12)24-16)19-8-11-4-3-7-17(11,10-19)15(21)22/h1-2,5-6,11H,3-4,7-10H2,(H,21,22)/t11-,17+/m0/s1. The average molecular weight is 362 g/mol. The molecule has 1 saturated carbocycles. The summed E-state index contributed by atoms with van der Waals surface area (Å²) in [5, 5.41) is 9.61. The number of hydrogen-bond acceptors (Lipinski definition) is 5. The van der Waals surface area contributed by atoms with Crippen LogP contribution >= 0.6 is 23.1 Å². The van der Waals surface area contributed by atoms with Crippen LogP contribution in [0.1, 0.15) is 19.3 Å². The van der Waals surface area contributed by atoms with Crippen LogP contribution < -0.4 is 0 Å². The minimum absolute atomic E-state index is 0.0225. The van der Waals surface area contributed by atoms with Gasteiger partial charge in [0.1, 0.15) is 0 Å². The second kappa shape index (κ2) is 6.04. The molecule has 24 heavy (non-hydrogen) atoms. The zero-order valence-corrected chi connectivity index (χ0v) is 14.7. The molecule has 2 atom stereocenters. The highest BCUT2D eigenvalue weighted by Crippen LogP contribution is 2.49. The molecule has 0 bridgehead atoms. The molecule has 1 aliphatic carbocycles. The fourth-order valence-corrected chi connectivity index (χ4v) is 5.93. The maximum atomic E-state index is 12.5. The lowest BCUT2D eigenvalue weighted by Gasteiger charge is -2.23.